The molecule has 3 aromatic rings. The third-order valence-corrected chi connectivity index (χ3v) is 4.36. The zero-order valence-corrected chi connectivity index (χ0v) is 13.9. The van der Waals surface area contributed by atoms with Crippen molar-refractivity contribution in [1.82, 2.24) is 29.9 Å². The predicted octanol–water partition coefficient (Wildman–Crippen LogP) is 2.49. The number of halogens is 2. The maximum atomic E-state index is 12.2. The molecule has 4 rings (SSSR count). The highest BCUT2D eigenvalue weighted by atomic mass is 19.3. The van der Waals surface area contributed by atoms with E-state index in [1.165, 1.54) is 12.3 Å². The topological polar surface area (TPSA) is 103 Å². The Morgan fingerprint density at radius 1 is 1.38 bits per heavy atom. The van der Waals surface area contributed by atoms with Crippen LogP contribution in [0, 0.1) is 5.92 Å². The Morgan fingerprint density at radius 3 is 3.04 bits per heavy atom. The van der Waals surface area contributed by atoms with Gasteiger partial charge in [-0.3, -0.25) is 0 Å². The number of rotatable bonds is 6. The van der Waals surface area contributed by atoms with Gasteiger partial charge in [0.25, 0.3) is 0 Å². The molecule has 3 aromatic heterocycles. The molecule has 11 heteroatoms. The van der Waals surface area contributed by atoms with Gasteiger partial charge in [-0.15, -0.1) is 0 Å². The molecule has 9 nitrogen and oxygen atoms in total. The van der Waals surface area contributed by atoms with Crippen LogP contribution < -0.4 is 10.1 Å². The van der Waals surface area contributed by atoms with Gasteiger partial charge in [-0.1, -0.05) is 0 Å². The van der Waals surface area contributed by atoms with E-state index in [2.05, 4.69) is 42.2 Å². The third-order valence-electron chi connectivity index (χ3n) is 4.36. The first-order valence-electron chi connectivity index (χ1n) is 8.15. The summed E-state index contributed by atoms with van der Waals surface area (Å²) in [5.74, 6) is 0.940. The van der Waals surface area contributed by atoms with E-state index < -0.39 is 6.61 Å². The second-order valence-corrected chi connectivity index (χ2v) is 6.04. The Labute approximate surface area is 146 Å². The van der Waals surface area contributed by atoms with E-state index >= 15 is 0 Å². The number of ether oxygens (including phenoxy) is 2. The fourth-order valence-electron chi connectivity index (χ4n) is 2.97. The molecule has 2 N–H and O–H groups in total. The molecule has 1 saturated heterocycles. The number of nitrogens with one attached hydrogen (secondary N) is 2. The van der Waals surface area contributed by atoms with Crippen LogP contribution in [0.25, 0.3) is 11.2 Å². The van der Waals surface area contributed by atoms with Gasteiger partial charge in [0.2, 0.25) is 5.88 Å². The van der Waals surface area contributed by atoms with E-state index in [9.17, 15) is 8.78 Å². The molecular weight excluding hydrogens is 348 g/mol. The van der Waals surface area contributed by atoms with E-state index in [-0.39, 0.29) is 17.7 Å². The summed E-state index contributed by atoms with van der Waals surface area (Å²) in [6.07, 6.45) is 4.18. The first-order valence-corrected chi connectivity index (χ1v) is 8.15. The number of hydrogen-bond donors (Lipinski definition) is 2. The van der Waals surface area contributed by atoms with E-state index in [0.29, 0.717) is 29.5 Å². The predicted molar refractivity (Wildman–Crippen MR) is 87.5 cm³/mol. The fourth-order valence-corrected chi connectivity index (χ4v) is 2.97. The molecule has 0 aliphatic carbocycles. The van der Waals surface area contributed by atoms with Crippen molar-refractivity contribution in [2.75, 3.05) is 18.5 Å². The smallest absolute Gasteiger partial charge is 0.388 e. The molecule has 1 aliphatic heterocycles. The summed E-state index contributed by atoms with van der Waals surface area (Å²) in [6.45, 7) is 0.618. The van der Waals surface area contributed by atoms with Gasteiger partial charge in [0.05, 0.1) is 25.0 Å². The lowest BCUT2D eigenvalue weighted by atomic mass is 10.0. The van der Waals surface area contributed by atoms with Crippen LogP contribution in [0.4, 0.5) is 20.4 Å². The molecule has 0 bridgehead atoms. The van der Waals surface area contributed by atoms with Gasteiger partial charge in [0, 0.05) is 18.6 Å². The zero-order chi connectivity index (χ0) is 18.1. The quantitative estimate of drug-likeness (QED) is 0.692. The highest BCUT2D eigenvalue weighted by Crippen LogP contribution is 2.28. The van der Waals surface area contributed by atoms with Crippen molar-refractivity contribution in [2.24, 2.45) is 5.92 Å². The summed E-state index contributed by atoms with van der Waals surface area (Å²) in [6, 6.07) is 1.43. The number of alkyl halides is 2. The lowest BCUT2D eigenvalue weighted by molar-refractivity contribution is -0.0528. The SMILES string of the molecule is C[C@H]([C@@H]1CCOC1)n1ncc2ncc(Nc3cc(OC(F)F)[nH]n3)nc21. The van der Waals surface area contributed by atoms with Crippen molar-refractivity contribution >= 4 is 22.8 Å². The average molecular weight is 365 g/mol. The molecule has 1 fully saturated rings. The monoisotopic (exact) mass is 365 g/mol. The summed E-state index contributed by atoms with van der Waals surface area (Å²) in [5, 5.41) is 13.5. The number of fused-ring (bicyclic) bond motifs is 1. The number of aromatic nitrogens is 6. The van der Waals surface area contributed by atoms with Crippen molar-refractivity contribution in [3.63, 3.8) is 0 Å². The summed E-state index contributed by atoms with van der Waals surface area (Å²) in [7, 11) is 0. The maximum absolute atomic E-state index is 12.2. The van der Waals surface area contributed by atoms with Crippen molar-refractivity contribution < 1.29 is 18.3 Å². The summed E-state index contributed by atoms with van der Waals surface area (Å²) >= 11 is 0. The van der Waals surface area contributed by atoms with Crippen LogP contribution in [0.15, 0.2) is 18.5 Å². The number of H-pyrrole nitrogens is 1. The zero-order valence-electron chi connectivity index (χ0n) is 13.9. The van der Waals surface area contributed by atoms with Crippen LogP contribution in [-0.2, 0) is 4.74 Å². The van der Waals surface area contributed by atoms with Gasteiger partial charge in [0.15, 0.2) is 17.3 Å². The number of nitrogens with zero attached hydrogens (tertiary/aromatic N) is 5. The fraction of sp³-hybridized carbons (Fsp3) is 0.467. The minimum absolute atomic E-state index is 0.121. The van der Waals surface area contributed by atoms with Crippen LogP contribution in [0.2, 0.25) is 0 Å². The van der Waals surface area contributed by atoms with E-state index in [4.69, 9.17) is 4.74 Å². The van der Waals surface area contributed by atoms with Gasteiger partial charge in [-0.2, -0.15) is 19.0 Å². The second kappa shape index (κ2) is 6.83. The highest BCUT2D eigenvalue weighted by molar-refractivity contribution is 5.72. The summed E-state index contributed by atoms with van der Waals surface area (Å²) in [5.41, 5.74) is 1.30. The third kappa shape index (κ3) is 3.29. The van der Waals surface area contributed by atoms with Crippen molar-refractivity contribution in [3.05, 3.63) is 18.5 Å². The van der Waals surface area contributed by atoms with Crippen molar-refractivity contribution in [2.45, 2.75) is 26.0 Å². The van der Waals surface area contributed by atoms with E-state index in [0.717, 1.165) is 13.0 Å². The minimum atomic E-state index is -2.92. The van der Waals surface area contributed by atoms with Gasteiger partial charge in [-0.25, -0.2) is 19.7 Å². The molecule has 0 aromatic carbocycles. The van der Waals surface area contributed by atoms with Crippen LogP contribution in [0.5, 0.6) is 5.88 Å². The molecular formula is C15H17F2N7O2. The molecule has 0 spiro atoms. The number of hydrogen-bond acceptors (Lipinski definition) is 7. The van der Waals surface area contributed by atoms with Crippen molar-refractivity contribution in [3.8, 4) is 5.88 Å². The maximum Gasteiger partial charge on any atom is 0.388 e. The van der Waals surface area contributed by atoms with E-state index in [1.807, 2.05) is 4.68 Å². The van der Waals surface area contributed by atoms with Crippen molar-refractivity contribution in [1.29, 1.82) is 0 Å². The average Bonchev–Trinajstić information content (AvgIpc) is 3.34. The Morgan fingerprint density at radius 2 is 2.27 bits per heavy atom. The first-order chi connectivity index (χ1) is 12.6. The summed E-state index contributed by atoms with van der Waals surface area (Å²) in [4.78, 5) is 8.87. The Hall–Kier alpha value is -2.82. The van der Waals surface area contributed by atoms with Crippen LogP contribution in [0.3, 0.4) is 0 Å². The van der Waals surface area contributed by atoms with Crippen LogP contribution in [-0.4, -0.2) is 49.8 Å². The van der Waals surface area contributed by atoms with Gasteiger partial charge in [0.1, 0.15) is 5.52 Å². The Balaban J connectivity index is 1.56. The molecule has 1 aliphatic rings. The van der Waals surface area contributed by atoms with Gasteiger partial charge in [-0.05, 0) is 13.3 Å². The van der Waals surface area contributed by atoms with Gasteiger partial charge < -0.3 is 14.8 Å². The number of aromatic amines is 1. The number of anilines is 2. The normalized spacial score (nSPS) is 18.5. The molecule has 0 saturated carbocycles. The van der Waals surface area contributed by atoms with Gasteiger partial charge >= 0.3 is 6.61 Å². The van der Waals surface area contributed by atoms with E-state index in [1.54, 1.807) is 6.20 Å². The molecule has 0 unspecified atom stereocenters. The largest absolute Gasteiger partial charge is 0.417 e. The molecule has 138 valence electrons. The summed E-state index contributed by atoms with van der Waals surface area (Å²) < 4.78 is 36.0. The molecule has 2 atom stereocenters. The standard InChI is InChI=1S/C15H17F2N7O2/c1-8(9-2-3-25-7-9)24-14-10(5-19-24)18-6-12(21-14)20-11-4-13(23-22-11)26-15(16)17/h4-6,8-9,15H,2-3,7H2,1H3,(H2,20,21,22,23)/t8-,9-/m1/s1. The first kappa shape index (κ1) is 16.6. The molecule has 4 heterocycles. The Kier molecular flexibility index (Phi) is 4.37. The molecule has 0 radical (unpaired) electrons. The highest BCUT2D eigenvalue weighted by Gasteiger charge is 2.26. The second-order valence-electron chi connectivity index (χ2n) is 6.04. The minimum Gasteiger partial charge on any atom is -0.417 e. The lowest BCUT2D eigenvalue weighted by Gasteiger charge is -2.18. The molecule has 0 amide bonds. The lowest BCUT2D eigenvalue weighted by Crippen LogP contribution is -2.18. The molecule has 26 heavy (non-hydrogen) atoms. The van der Waals surface area contributed by atoms with Crippen LogP contribution in [0.1, 0.15) is 19.4 Å². The Bertz CT molecular complexity index is 891. The van der Waals surface area contributed by atoms with Crippen LogP contribution >= 0.6 is 0 Å².